The lowest BCUT2D eigenvalue weighted by molar-refractivity contribution is -0.146. The summed E-state index contributed by atoms with van der Waals surface area (Å²) in [5.74, 6) is -1.66. The van der Waals surface area contributed by atoms with Crippen molar-refractivity contribution >= 4 is 23.2 Å². The van der Waals surface area contributed by atoms with Gasteiger partial charge in [0.25, 0.3) is 0 Å². The Balaban J connectivity index is 1.96. The van der Waals surface area contributed by atoms with Crippen LogP contribution in [-0.4, -0.2) is 22.0 Å². The van der Waals surface area contributed by atoms with Crippen LogP contribution in [0.25, 0.3) is 0 Å². The van der Waals surface area contributed by atoms with Crippen molar-refractivity contribution in [2.75, 3.05) is 0 Å². The Bertz CT molecular complexity index is 486. The van der Waals surface area contributed by atoms with Gasteiger partial charge in [0.15, 0.2) is 0 Å². The Morgan fingerprint density at radius 2 is 2.16 bits per heavy atom. The number of aryl methyl sites for hydroxylation is 1. The van der Waals surface area contributed by atoms with Crippen LogP contribution >= 0.6 is 11.3 Å². The van der Waals surface area contributed by atoms with Gasteiger partial charge in [0.2, 0.25) is 5.91 Å². The van der Waals surface area contributed by atoms with Crippen LogP contribution in [0.15, 0.2) is 5.51 Å². The topological polar surface area (TPSA) is 79.3 Å². The zero-order chi connectivity index (χ0) is 14.0. The van der Waals surface area contributed by atoms with Crippen LogP contribution < -0.4 is 5.32 Å². The second-order valence-electron chi connectivity index (χ2n) is 5.21. The molecule has 2 rings (SSSR count). The molecule has 1 fully saturated rings. The van der Waals surface area contributed by atoms with Gasteiger partial charge in [-0.3, -0.25) is 9.59 Å². The molecule has 1 aliphatic rings. The molecule has 0 aliphatic heterocycles. The van der Waals surface area contributed by atoms with E-state index in [0.29, 0.717) is 25.3 Å². The molecule has 1 aromatic heterocycles. The summed E-state index contributed by atoms with van der Waals surface area (Å²) in [6.45, 7) is 4.33. The van der Waals surface area contributed by atoms with Crippen LogP contribution in [0, 0.1) is 24.7 Å². The highest BCUT2D eigenvalue weighted by Gasteiger charge is 2.41. The summed E-state index contributed by atoms with van der Waals surface area (Å²) in [4.78, 5) is 28.4. The molecule has 0 radical (unpaired) electrons. The van der Waals surface area contributed by atoms with E-state index in [-0.39, 0.29) is 5.91 Å². The first-order valence-corrected chi connectivity index (χ1v) is 7.26. The summed E-state index contributed by atoms with van der Waals surface area (Å²) in [5, 5.41) is 12.0. The van der Waals surface area contributed by atoms with E-state index in [4.69, 9.17) is 5.11 Å². The Kier molecular flexibility index (Phi) is 4.19. The fraction of sp³-hybridized carbons (Fsp3) is 0.615. The van der Waals surface area contributed by atoms with Crippen molar-refractivity contribution in [3.63, 3.8) is 0 Å². The van der Waals surface area contributed by atoms with Gasteiger partial charge in [0.05, 0.1) is 29.6 Å². The van der Waals surface area contributed by atoms with Gasteiger partial charge in [-0.15, -0.1) is 11.3 Å². The molecule has 3 unspecified atom stereocenters. The van der Waals surface area contributed by atoms with Gasteiger partial charge in [-0.05, 0) is 25.7 Å². The number of hydrogen-bond acceptors (Lipinski definition) is 4. The highest BCUT2D eigenvalue weighted by molar-refractivity contribution is 7.09. The second-order valence-corrected chi connectivity index (χ2v) is 6.15. The minimum absolute atomic E-state index is 0.149. The van der Waals surface area contributed by atoms with Crippen LogP contribution in [0.5, 0.6) is 0 Å². The van der Waals surface area contributed by atoms with Crippen LogP contribution in [0.3, 0.4) is 0 Å². The molecular formula is C13H18N2O3S. The third-order valence-corrected chi connectivity index (χ3v) is 4.66. The quantitative estimate of drug-likeness (QED) is 0.882. The molecule has 1 heterocycles. The Labute approximate surface area is 116 Å². The largest absolute Gasteiger partial charge is 0.481 e. The summed E-state index contributed by atoms with van der Waals surface area (Å²) < 4.78 is 0. The van der Waals surface area contributed by atoms with Crippen molar-refractivity contribution in [1.29, 1.82) is 0 Å². The van der Waals surface area contributed by atoms with Crippen molar-refractivity contribution in [1.82, 2.24) is 10.3 Å². The van der Waals surface area contributed by atoms with Crippen LogP contribution in [0.2, 0.25) is 0 Å². The van der Waals surface area contributed by atoms with Crippen molar-refractivity contribution in [2.24, 2.45) is 17.8 Å². The molecule has 1 amide bonds. The maximum atomic E-state index is 12.1. The van der Waals surface area contributed by atoms with E-state index in [1.807, 2.05) is 13.8 Å². The summed E-state index contributed by atoms with van der Waals surface area (Å²) >= 11 is 1.50. The first-order chi connectivity index (χ1) is 8.99. The van der Waals surface area contributed by atoms with E-state index < -0.39 is 17.8 Å². The lowest BCUT2D eigenvalue weighted by atomic mass is 9.95. The van der Waals surface area contributed by atoms with Gasteiger partial charge in [0.1, 0.15) is 0 Å². The lowest BCUT2D eigenvalue weighted by Crippen LogP contribution is -2.34. The van der Waals surface area contributed by atoms with Gasteiger partial charge in [-0.25, -0.2) is 4.98 Å². The lowest BCUT2D eigenvalue weighted by Gasteiger charge is -2.15. The summed E-state index contributed by atoms with van der Waals surface area (Å²) in [6, 6.07) is 0. The fourth-order valence-corrected chi connectivity index (χ4v) is 3.37. The smallest absolute Gasteiger partial charge is 0.307 e. The highest BCUT2D eigenvalue weighted by Crippen LogP contribution is 2.36. The number of hydrogen-bond donors (Lipinski definition) is 2. The molecule has 1 aromatic rings. The maximum absolute atomic E-state index is 12.1. The zero-order valence-electron chi connectivity index (χ0n) is 11.0. The molecule has 1 aliphatic carbocycles. The molecule has 6 heteroatoms. The Morgan fingerprint density at radius 1 is 1.47 bits per heavy atom. The third-order valence-electron chi connectivity index (χ3n) is 3.72. The van der Waals surface area contributed by atoms with Crippen molar-refractivity contribution in [2.45, 2.75) is 33.2 Å². The average Bonchev–Trinajstić information content (AvgIpc) is 2.92. The van der Waals surface area contributed by atoms with E-state index >= 15 is 0 Å². The molecule has 3 atom stereocenters. The molecule has 104 valence electrons. The van der Waals surface area contributed by atoms with E-state index in [1.165, 1.54) is 11.3 Å². The fourth-order valence-electron chi connectivity index (χ4n) is 2.65. The van der Waals surface area contributed by atoms with E-state index in [9.17, 15) is 9.59 Å². The predicted molar refractivity (Wildman–Crippen MR) is 71.7 cm³/mol. The van der Waals surface area contributed by atoms with Crippen LogP contribution in [0.1, 0.15) is 30.3 Å². The number of rotatable bonds is 4. The van der Waals surface area contributed by atoms with Crippen molar-refractivity contribution in [3.05, 3.63) is 16.1 Å². The number of carbonyl (C=O) groups excluding carboxylic acids is 1. The predicted octanol–water partition coefficient (Wildman–Crippen LogP) is 1.81. The SMILES string of the molecule is Cc1ncsc1CNC(=O)C1CC(C)CC1C(=O)O. The first-order valence-electron chi connectivity index (χ1n) is 6.38. The third kappa shape index (κ3) is 3.12. The molecule has 0 aromatic carbocycles. The highest BCUT2D eigenvalue weighted by atomic mass is 32.1. The molecule has 19 heavy (non-hydrogen) atoms. The van der Waals surface area contributed by atoms with Gasteiger partial charge in [0, 0.05) is 4.88 Å². The zero-order valence-corrected chi connectivity index (χ0v) is 11.9. The van der Waals surface area contributed by atoms with Gasteiger partial charge >= 0.3 is 5.97 Å². The minimum atomic E-state index is -0.863. The van der Waals surface area contributed by atoms with Gasteiger partial charge < -0.3 is 10.4 Å². The normalized spacial score (nSPS) is 26.3. The molecule has 0 bridgehead atoms. The Hall–Kier alpha value is -1.43. The second kappa shape index (κ2) is 5.69. The number of thiazole rings is 1. The number of aromatic nitrogens is 1. The minimum Gasteiger partial charge on any atom is -0.481 e. The summed E-state index contributed by atoms with van der Waals surface area (Å²) in [5.41, 5.74) is 2.66. The number of carboxylic acid groups (broad SMARTS) is 1. The summed E-state index contributed by atoms with van der Waals surface area (Å²) in [7, 11) is 0. The number of nitrogens with zero attached hydrogens (tertiary/aromatic N) is 1. The Morgan fingerprint density at radius 3 is 2.74 bits per heavy atom. The van der Waals surface area contributed by atoms with E-state index in [1.54, 1.807) is 5.51 Å². The van der Waals surface area contributed by atoms with Crippen molar-refractivity contribution in [3.8, 4) is 0 Å². The summed E-state index contributed by atoms with van der Waals surface area (Å²) in [6.07, 6.45) is 1.25. The van der Waals surface area contributed by atoms with Crippen LogP contribution in [-0.2, 0) is 16.1 Å². The standard InChI is InChI=1S/C13H18N2O3S/c1-7-3-9(10(4-7)13(17)18)12(16)14-5-11-8(2)15-6-19-11/h6-7,9-10H,3-5H2,1-2H3,(H,14,16)(H,17,18). The van der Waals surface area contributed by atoms with Crippen molar-refractivity contribution < 1.29 is 14.7 Å². The van der Waals surface area contributed by atoms with E-state index in [2.05, 4.69) is 10.3 Å². The molecule has 1 saturated carbocycles. The van der Waals surface area contributed by atoms with Gasteiger partial charge in [-0.2, -0.15) is 0 Å². The molecule has 5 nitrogen and oxygen atoms in total. The number of carbonyl (C=O) groups is 2. The molecule has 0 spiro atoms. The number of carboxylic acids is 1. The van der Waals surface area contributed by atoms with E-state index in [0.717, 1.165) is 10.6 Å². The molecule has 0 saturated heterocycles. The monoisotopic (exact) mass is 282 g/mol. The number of nitrogens with one attached hydrogen (secondary N) is 1. The molecule has 2 N–H and O–H groups in total. The van der Waals surface area contributed by atoms with Crippen LogP contribution in [0.4, 0.5) is 0 Å². The number of amides is 1. The number of aliphatic carboxylic acids is 1. The molecular weight excluding hydrogens is 264 g/mol. The van der Waals surface area contributed by atoms with Gasteiger partial charge in [-0.1, -0.05) is 6.92 Å². The first kappa shape index (κ1) is 14.0. The average molecular weight is 282 g/mol. The maximum Gasteiger partial charge on any atom is 0.307 e.